The van der Waals surface area contributed by atoms with Gasteiger partial charge < -0.3 is 14.3 Å². The Hall–Kier alpha value is -2.99. The number of benzene rings is 2. The average molecular weight is 405 g/mol. The van der Waals surface area contributed by atoms with E-state index in [0.717, 1.165) is 32.4 Å². The highest BCUT2D eigenvalue weighted by Gasteiger charge is 2.33. The third-order valence-corrected chi connectivity index (χ3v) is 5.57. The van der Waals surface area contributed by atoms with Gasteiger partial charge in [0.25, 0.3) is 11.8 Å². The van der Waals surface area contributed by atoms with Gasteiger partial charge in [-0.1, -0.05) is 53.7 Å². The van der Waals surface area contributed by atoms with E-state index in [4.69, 9.17) is 4.52 Å². The zero-order chi connectivity index (χ0) is 20.8. The molecule has 6 nitrogen and oxygen atoms in total. The molecule has 1 fully saturated rings. The van der Waals surface area contributed by atoms with E-state index in [1.807, 2.05) is 48.2 Å². The molecule has 0 N–H and O–H groups in total. The minimum atomic E-state index is -0.238. The zero-order valence-electron chi connectivity index (χ0n) is 17.4. The van der Waals surface area contributed by atoms with Crippen LogP contribution in [0.15, 0.2) is 65.2 Å². The molecule has 1 atom stereocenters. The minimum absolute atomic E-state index is 0.0163. The number of rotatable bonds is 6. The Balaban J connectivity index is 1.48. The predicted molar refractivity (Wildman–Crippen MR) is 115 cm³/mol. The van der Waals surface area contributed by atoms with Gasteiger partial charge in [0, 0.05) is 18.7 Å². The minimum Gasteiger partial charge on any atom is -0.337 e. The van der Waals surface area contributed by atoms with Crippen LogP contribution in [0.3, 0.4) is 0 Å². The number of hydrogen-bond acceptors (Lipinski definition) is 5. The summed E-state index contributed by atoms with van der Waals surface area (Å²) in [7, 11) is 0. The van der Waals surface area contributed by atoms with E-state index in [-0.39, 0.29) is 11.9 Å². The third-order valence-electron chi connectivity index (χ3n) is 5.57. The van der Waals surface area contributed by atoms with E-state index in [1.54, 1.807) is 0 Å². The second-order valence-electron chi connectivity index (χ2n) is 7.80. The molecule has 1 saturated heterocycles. The van der Waals surface area contributed by atoms with Crippen LogP contribution in [0.25, 0.3) is 0 Å². The second kappa shape index (κ2) is 9.67. The van der Waals surface area contributed by atoms with Crippen molar-refractivity contribution >= 4 is 5.91 Å². The van der Waals surface area contributed by atoms with Gasteiger partial charge >= 0.3 is 0 Å². The summed E-state index contributed by atoms with van der Waals surface area (Å²) in [6.07, 6.45) is 3.05. The average Bonchev–Trinajstić information content (AvgIpc) is 3.10. The van der Waals surface area contributed by atoms with Crippen molar-refractivity contribution in [2.24, 2.45) is 0 Å². The van der Waals surface area contributed by atoms with Crippen LogP contribution in [-0.4, -0.2) is 52.0 Å². The van der Waals surface area contributed by atoms with Gasteiger partial charge in [-0.25, -0.2) is 0 Å². The predicted octanol–water partition coefficient (Wildman–Crippen LogP) is 3.90. The lowest BCUT2D eigenvalue weighted by atomic mass is 10.1. The van der Waals surface area contributed by atoms with Crippen molar-refractivity contribution in [3.63, 3.8) is 0 Å². The van der Waals surface area contributed by atoms with Crippen LogP contribution < -0.4 is 0 Å². The topological polar surface area (TPSA) is 62.5 Å². The molecule has 1 aromatic heterocycles. The second-order valence-corrected chi connectivity index (χ2v) is 7.80. The zero-order valence-corrected chi connectivity index (χ0v) is 17.4. The summed E-state index contributed by atoms with van der Waals surface area (Å²) in [6.45, 7) is 5.12. The maximum absolute atomic E-state index is 13.3. The lowest BCUT2D eigenvalue weighted by Gasteiger charge is -2.29. The van der Waals surface area contributed by atoms with Crippen LogP contribution in [0.5, 0.6) is 0 Å². The normalized spacial score (nSPS) is 17.6. The Bertz CT molecular complexity index is 942. The summed E-state index contributed by atoms with van der Waals surface area (Å²) < 4.78 is 5.52. The fourth-order valence-corrected chi connectivity index (χ4v) is 4.06. The highest BCUT2D eigenvalue weighted by Crippen LogP contribution is 2.26. The molecule has 4 rings (SSSR count). The maximum atomic E-state index is 13.3. The molecule has 1 unspecified atom stereocenters. The highest BCUT2D eigenvalue weighted by molar-refractivity contribution is 5.94. The standard InChI is InChI=1S/C24H28N4O2/c1-19-25-23(30-26-19)22-18-27(15-8-12-20-10-4-2-5-11-20)16-9-17-28(22)24(29)21-13-6-3-7-14-21/h2-7,10-11,13-14,22H,8-9,12,15-18H2,1H3. The number of carbonyl (C=O) groups excluding carboxylic acids is 1. The van der Waals surface area contributed by atoms with Gasteiger partial charge in [-0.3, -0.25) is 4.79 Å². The van der Waals surface area contributed by atoms with E-state index in [1.165, 1.54) is 5.56 Å². The molecule has 0 bridgehead atoms. The summed E-state index contributed by atoms with van der Waals surface area (Å²) in [6, 6.07) is 19.8. The van der Waals surface area contributed by atoms with E-state index < -0.39 is 0 Å². The molecular formula is C24H28N4O2. The molecule has 0 spiro atoms. The molecule has 0 radical (unpaired) electrons. The van der Waals surface area contributed by atoms with Crippen molar-refractivity contribution in [2.75, 3.05) is 26.2 Å². The van der Waals surface area contributed by atoms with Crippen LogP contribution in [0, 0.1) is 6.92 Å². The van der Waals surface area contributed by atoms with Gasteiger partial charge in [0.15, 0.2) is 5.82 Å². The summed E-state index contributed by atoms with van der Waals surface area (Å²) >= 11 is 0. The van der Waals surface area contributed by atoms with E-state index in [9.17, 15) is 4.79 Å². The Morgan fingerprint density at radius 2 is 1.80 bits per heavy atom. The van der Waals surface area contributed by atoms with Crippen molar-refractivity contribution < 1.29 is 9.32 Å². The van der Waals surface area contributed by atoms with Crippen LogP contribution in [0.1, 0.15) is 46.5 Å². The van der Waals surface area contributed by atoms with Crippen molar-refractivity contribution in [1.82, 2.24) is 19.9 Å². The first kappa shape index (κ1) is 20.3. The lowest BCUT2D eigenvalue weighted by Crippen LogP contribution is -2.39. The molecule has 6 heteroatoms. The smallest absolute Gasteiger partial charge is 0.254 e. The van der Waals surface area contributed by atoms with Crippen molar-refractivity contribution in [3.05, 3.63) is 83.5 Å². The Labute approximate surface area is 177 Å². The molecule has 0 aliphatic carbocycles. The molecule has 3 aromatic rings. The SMILES string of the molecule is Cc1noc(C2CN(CCCc3ccccc3)CCCN2C(=O)c2ccccc2)n1. The first-order valence-electron chi connectivity index (χ1n) is 10.6. The van der Waals surface area contributed by atoms with Crippen molar-refractivity contribution in [2.45, 2.75) is 32.2 Å². The number of aromatic nitrogens is 2. The molecule has 156 valence electrons. The van der Waals surface area contributed by atoms with Crippen LogP contribution >= 0.6 is 0 Å². The Morgan fingerprint density at radius 1 is 1.07 bits per heavy atom. The molecule has 0 saturated carbocycles. The number of nitrogens with zero attached hydrogens (tertiary/aromatic N) is 4. The first-order valence-corrected chi connectivity index (χ1v) is 10.6. The quantitative estimate of drug-likeness (QED) is 0.624. The van der Waals surface area contributed by atoms with Crippen molar-refractivity contribution in [1.29, 1.82) is 0 Å². The molecule has 1 aliphatic rings. The number of carbonyl (C=O) groups is 1. The monoisotopic (exact) mass is 404 g/mol. The Kier molecular flexibility index (Phi) is 6.54. The molecule has 2 aromatic carbocycles. The van der Waals surface area contributed by atoms with Crippen LogP contribution in [0.2, 0.25) is 0 Å². The number of aryl methyl sites for hydroxylation is 2. The maximum Gasteiger partial charge on any atom is 0.254 e. The largest absolute Gasteiger partial charge is 0.337 e. The van der Waals surface area contributed by atoms with Crippen LogP contribution in [-0.2, 0) is 6.42 Å². The molecule has 2 heterocycles. The van der Waals surface area contributed by atoms with Gasteiger partial charge in [0.1, 0.15) is 6.04 Å². The fraction of sp³-hybridized carbons (Fsp3) is 0.375. The highest BCUT2D eigenvalue weighted by atomic mass is 16.5. The van der Waals surface area contributed by atoms with Gasteiger partial charge in [0.05, 0.1) is 0 Å². The lowest BCUT2D eigenvalue weighted by molar-refractivity contribution is 0.0633. The first-order chi connectivity index (χ1) is 14.7. The molecular weight excluding hydrogens is 376 g/mol. The number of hydrogen-bond donors (Lipinski definition) is 0. The van der Waals surface area contributed by atoms with E-state index in [0.29, 0.717) is 30.4 Å². The molecule has 1 aliphatic heterocycles. The van der Waals surface area contributed by atoms with E-state index >= 15 is 0 Å². The summed E-state index contributed by atoms with van der Waals surface area (Å²) in [5.74, 6) is 1.13. The number of amides is 1. The molecule has 1 amide bonds. The third kappa shape index (κ3) is 4.94. The molecule has 30 heavy (non-hydrogen) atoms. The summed E-state index contributed by atoms with van der Waals surface area (Å²) in [5.41, 5.74) is 2.05. The Morgan fingerprint density at radius 3 is 2.50 bits per heavy atom. The van der Waals surface area contributed by atoms with Gasteiger partial charge in [-0.2, -0.15) is 4.98 Å². The van der Waals surface area contributed by atoms with Gasteiger partial charge in [-0.15, -0.1) is 0 Å². The van der Waals surface area contributed by atoms with Crippen molar-refractivity contribution in [3.8, 4) is 0 Å². The summed E-state index contributed by atoms with van der Waals surface area (Å²) in [5, 5.41) is 3.97. The van der Waals surface area contributed by atoms with Gasteiger partial charge in [0.2, 0.25) is 0 Å². The summed E-state index contributed by atoms with van der Waals surface area (Å²) in [4.78, 5) is 22.1. The van der Waals surface area contributed by atoms with E-state index in [2.05, 4.69) is 39.3 Å². The van der Waals surface area contributed by atoms with Crippen LogP contribution in [0.4, 0.5) is 0 Å². The fourth-order valence-electron chi connectivity index (χ4n) is 4.06. The van der Waals surface area contributed by atoms with Gasteiger partial charge in [-0.05, 0) is 57.0 Å².